The summed E-state index contributed by atoms with van der Waals surface area (Å²) in [6, 6.07) is 14.1. The Bertz CT molecular complexity index is 961. The van der Waals surface area contributed by atoms with Crippen LogP contribution in [0.3, 0.4) is 0 Å². The maximum atomic E-state index is 12.0. The molecule has 0 unspecified atom stereocenters. The molecular weight excluding hydrogens is 378 g/mol. The van der Waals surface area contributed by atoms with Gasteiger partial charge in [-0.3, -0.25) is 25.0 Å². The molecule has 1 fully saturated rings. The first-order chi connectivity index (χ1) is 13.4. The van der Waals surface area contributed by atoms with Gasteiger partial charge in [-0.1, -0.05) is 24.3 Å². The number of hydrogen-bond acceptors (Lipinski definition) is 5. The predicted molar refractivity (Wildman–Crippen MR) is 109 cm³/mol. The minimum Gasteiger partial charge on any atom is -0.484 e. The van der Waals surface area contributed by atoms with Crippen molar-refractivity contribution in [1.82, 2.24) is 10.6 Å². The van der Waals surface area contributed by atoms with E-state index in [2.05, 4.69) is 16.0 Å². The van der Waals surface area contributed by atoms with E-state index in [1.54, 1.807) is 30.3 Å². The highest BCUT2D eigenvalue weighted by Crippen LogP contribution is 2.16. The van der Waals surface area contributed by atoms with Crippen LogP contribution >= 0.6 is 12.2 Å². The first kappa shape index (κ1) is 19.2. The van der Waals surface area contributed by atoms with Gasteiger partial charge in [-0.05, 0) is 60.6 Å². The number of thiocarbonyl (C=S) groups is 1. The van der Waals surface area contributed by atoms with Crippen LogP contribution in [0, 0.1) is 6.92 Å². The summed E-state index contributed by atoms with van der Waals surface area (Å²) in [5.41, 5.74) is 2.34. The monoisotopic (exact) mass is 395 g/mol. The summed E-state index contributed by atoms with van der Waals surface area (Å²) in [5, 5.41) is 7.49. The second-order valence-electron chi connectivity index (χ2n) is 6.07. The summed E-state index contributed by atoms with van der Waals surface area (Å²) in [7, 11) is 0. The van der Waals surface area contributed by atoms with E-state index < -0.39 is 11.8 Å². The Balaban J connectivity index is 1.58. The normalized spacial score (nSPS) is 13.5. The number of carbonyl (C=O) groups excluding carboxylic acids is 3. The van der Waals surface area contributed by atoms with Crippen LogP contribution in [-0.2, 0) is 14.4 Å². The number of anilines is 1. The van der Waals surface area contributed by atoms with Crippen molar-refractivity contribution in [2.45, 2.75) is 6.92 Å². The fourth-order valence-electron chi connectivity index (χ4n) is 2.50. The molecule has 7 nitrogen and oxygen atoms in total. The third-order valence-electron chi connectivity index (χ3n) is 3.81. The Labute approximate surface area is 166 Å². The smallest absolute Gasteiger partial charge is 0.263 e. The fraction of sp³-hybridized carbons (Fsp3) is 0.100. The molecule has 0 bridgehead atoms. The Morgan fingerprint density at radius 1 is 1.11 bits per heavy atom. The lowest BCUT2D eigenvalue weighted by Crippen LogP contribution is -2.51. The molecule has 1 heterocycles. The summed E-state index contributed by atoms with van der Waals surface area (Å²) in [6.45, 7) is 1.80. The molecule has 2 aromatic carbocycles. The summed E-state index contributed by atoms with van der Waals surface area (Å²) >= 11 is 4.75. The third-order valence-corrected chi connectivity index (χ3v) is 4.01. The van der Waals surface area contributed by atoms with E-state index in [4.69, 9.17) is 17.0 Å². The molecule has 1 aliphatic rings. The van der Waals surface area contributed by atoms with Crippen molar-refractivity contribution in [2.24, 2.45) is 0 Å². The van der Waals surface area contributed by atoms with Crippen molar-refractivity contribution in [3.63, 3.8) is 0 Å². The number of ether oxygens (including phenoxy) is 1. The minimum atomic E-state index is -0.554. The highest BCUT2D eigenvalue weighted by Gasteiger charge is 2.25. The van der Waals surface area contributed by atoms with Crippen LogP contribution in [0.25, 0.3) is 6.08 Å². The predicted octanol–water partition coefficient (Wildman–Crippen LogP) is 1.93. The molecule has 2 aromatic rings. The molecule has 8 heteroatoms. The van der Waals surface area contributed by atoms with Crippen molar-refractivity contribution in [3.8, 4) is 5.75 Å². The van der Waals surface area contributed by atoms with Gasteiger partial charge in [-0.2, -0.15) is 0 Å². The second-order valence-corrected chi connectivity index (χ2v) is 6.48. The molecule has 0 atom stereocenters. The molecule has 0 aliphatic carbocycles. The average molecular weight is 395 g/mol. The Kier molecular flexibility index (Phi) is 5.81. The third kappa shape index (κ3) is 5.01. The summed E-state index contributed by atoms with van der Waals surface area (Å²) in [6.07, 6.45) is 1.45. The van der Waals surface area contributed by atoms with Gasteiger partial charge < -0.3 is 10.1 Å². The van der Waals surface area contributed by atoms with Crippen LogP contribution in [0.15, 0.2) is 54.1 Å². The van der Waals surface area contributed by atoms with E-state index in [0.717, 1.165) is 5.56 Å². The molecule has 28 heavy (non-hydrogen) atoms. The molecule has 3 rings (SSSR count). The summed E-state index contributed by atoms with van der Waals surface area (Å²) in [5.74, 6) is -0.896. The number of aryl methyl sites for hydroxylation is 1. The summed E-state index contributed by atoms with van der Waals surface area (Å²) in [4.78, 5) is 35.7. The first-order valence-electron chi connectivity index (χ1n) is 8.38. The van der Waals surface area contributed by atoms with Gasteiger partial charge in [0.2, 0.25) is 0 Å². The number of nitrogens with one attached hydrogen (secondary N) is 3. The molecule has 0 radical (unpaired) electrons. The van der Waals surface area contributed by atoms with Crippen LogP contribution in [0.4, 0.5) is 5.69 Å². The largest absolute Gasteiger partial charge is 0.484 e. The van der Waals surface area contributed by atoms with E-state index in [-0.39, 0.29) is 23.2 Å². The van der Waals surface area contributed by atoms with Crippen molar-refractivity contribution in [3.05, 3.63) is 65.2 Å². The van der Waals surface area contributed by atoms with Gasteiger partial charge >= 0.3 is 0 Å². The van der Waals surface area contributed by atoms with Gasteiger partial charge in [0.15, 0.2) is 11.7 Å². The number of rotatable bonds is 5. The van der Waals surface area contributed by atoms with Gasteiger partial charge in [0.1, 0.15) is 11.3 Å². The lowest BCUT2D eigenvalue weighted by molar-refractivity contribution is -0.123. The molecule has 142 valence electrons. The van der Waals surface area contributed by atoms with Gasteiger partial charge in [-0.15, -0.1) is 0 Å². The van der Waals surface area contributed by atoms with E-state index in [1.165, 1.54) is 6.08 Å². The molecule has 0 saturated carbocycles. The molecular formula is C20H17N3O4S. The topological polar surface area (TPSA) is 96.5 Å². The SMILES string of the molecule is Cc1cccc(NC(=O)COc2ccc(C=C3C(=O)NC(=S)NC3=O)cc2)c1. The Hall–Kier alpha value is -3.52. The van der Waals surface area contributed by atoms with Crippen LogP contribution in [-0.4, -0.2) is 29.4 Å². The standard InChI is InChI=1S/C20H17N3O4S/c1-12-3-2-4-14(9-12)21-17(24)11-27-15-7-5-13(6-8-15)10-16-18(25)22-20(28)23-19(16)26/h2-10H,11H2,1H3,(H,21,24)(H2,22,23,25,26,28). The lowest BCUT2D eigenvalue weighted by Gasteiger charge is -2.16. The maximum Gasteiger partial charge on any atom is 0.263 e. The Morgan fingerprint density at radius 2 is 1.79 bits per heavy atom. The summed E-state index contributed by atoms with van der Waals surface area (Å²) < 4.78 is 5.46. The van der Waals surface area contributed by atoms with E-state index in [1.807, 2.05) is 25.1 Å². The second kappa shape index (κ2) is 8.45. The number of benzene rings is 2. The van der Waals surface area contributed by atoms with Gasteiger partial charge in [-0.25, -0.2) is 0 Å². The minimum absolute atomic E-state index is 0.0140. The number of hydrogen-bond donors (Lipinski definition) is 3. The van der Waals surface area contributed by atoms with E-state index in [9.17, 15) is 14.4 Å². The van der Waals surface area contributed by atoms with Gasteiger partial charge in [0.25, 0.3) is 17.7 Å². The lowest BCUT2D eigenvalue weighted by atomic mass is 10.1. The van der Waals surface area contributed by atoms with Crippen LogP contribution in [0.2, 0.25) is 0 Å². The molecule has 1 aliphatic heterocycles. The van der Waals surface area contributed by atoms with Crippen molar-refractivity contribution in [2.75, 3.05) is 11.9 Å². The highest BCUT2D eigenvalue weighted by molar-refractivity contribution is 7.80. The Morgan fingerprint density at radius 3 is 2.43 bits per heavy atom. The van der Waals surface area contributed by atoms with Crippen LogP contribution in [0.1, 0.15) is 11.1 Å². The van der Waals surface area contributed by atoms with Crippen molar-refractivity contribution >= 4 is 46.8 Å². The van der Waals surface area contributed by atoms with Gasteiger partial charge in [0.05, 0.1) is 0 Å². The van der Waals surface area contributed by atoms with Crippen LogP contribution in [0.5, 0.6) is 5.75 Å². The number of carbonyl (C=O) groups is 3. The molecule has 0 spiro atoms. The first-order valence-corrected chi connectivity index (χ1v) is 8.79. The van der Waals surface area contributed by atoms with Crippen molar-refractivity contribution in [1.29, 1.82) is 0 Å². The zero-order valence-corrected chi connectivity index (χ0v) is 15.8. The zero-order valence-electron chi connectivity index (χ0n) is 14.9. The van der Waals surface area contributed by atoms with E-state index >= 15 is 0 Å². The zero-order chi connectivity index (χ0) is 20.1. The average Bonchev–Trinajstić information content (AvgIpc) is 2.64. The molecule has 3 amide bonds. The molecule has 0 aromatic heterocycles. The van der Waals surface area contributed by atoms with Crippen molar-refractivity contribution < 1.29 is 19.1 Å². The highest BCUT2D eigenvalue weighted by atomic mass is 32.1. The quantitative estimate of drug-likeness (QED) is 0.408. The fourth-order valence-corrected chi connectivity index (χ4v) is 2.69. The molecule has 1 saturated heterocycles. The van der Waals surface area contributed by atoms with E-state index in [0.29, 0.717) is 17.0 Å². The molecule has 3 N–H and O–H groups in total. The van der Waals surface area contributed by atoms with Gasteiger partial charge in [0, 0.05) is 5.69 Å². The number of amides is 3. The maximum absolute atomic E-state index is 12.0. The van der Waals surface area contributed by atoms with Crippen LogP contribution < -0.4 is 20.7 Å².